The fourth-order valence-electron chi connectivity index (χ4n) is 2.11. The highest BCUT2D eigenvalue weighted by Gasteiger charge is 2.13. The Morgan fingerprint density at radius 2 is 1.76 bits per heavy atom. The molecular weight excluding hydrogens is 305 g/mol. The van der Waals surface area contributed by atoms with Crippen molar-refractivity contribution in [3.8, 4) is 16.9 Å². The number of aromatic nitrogens is 2. The molecule has 21 heavy (non-hydrogen) atoms. The van der Waals surface area contributed by atoms with E-state index in [0.29, 0.717) is 21.4 Å². The Hall–Kier alpha value is -1.97. The minimum absolute atomic E-state index is 0.531. The van der Waals surface area contributed by atoms with Crippen molar-refractivity contribution < 1.29 is 0 Å². The molecule has 0 atom stereocenters. The van der Waals surface area contributed by atoms with Gasteiger partial charge in [-0.05, 0) is 37.3 Å². The predicted molar refractivity (Wildman–Crippen MR) is 88.2 cm³/mol. The van der Waals surface area contributed by atoms with Crippen LogP contribution in [0.15, 0.2) is 48.7 Å². The van der Waals surface area contributed by atoms with Crippen LogP contribution < -0.4 is 5.73 Å². The zero-order valence-corrected chi connectivity index (χ0v) is 12.9. The number of nitrogens with zero attached hydrogens (tertiary/aromatic N) is 2. The Morgan fingerprint density at radius 1 is 1.05 bits per heavy atom. The summed E-state index contributed by atoms with van der Waals surface area (Å²) in [7, 11) is 0. The summed E-state index contributed by atoms with van der Waals surface area (Å²) in [5, 5.41) is 5.65. The van der Waals surface area contributed by atoms with E-state index in [-0.39, 0.29) is 0 Å². The van der Waals surface area contributed by atoms with E-state index in [1.807, 2.05) is 37.3 Å². The molecule has 0 fully saturated rings. The molecule has 1 aromatic heterocycles. The average molecular weight is 318 g/mol. The van der Waals surface area contributed by atoms with E-state index < -0.39 is 0 Å². The van der Waals surface area contributed by atoms with Gasteiger partial charge in [-0.3, -0.25) is 0 Å². The van der Waals surface area contributed by atoms with Crippen LogP contribution in [0.4, 0.5) is 5.69 Å². The maximum Gasteiger partial charge on any atom is 0.117 e. The zero-order valence-electron chi connectivity index (χ0n) is 11.3. The van der Waals surface area contributed by atoms with Crippen molar-refractivity contribution in [2.75, 3.05) is 5.73 Å². The first-order valence-corrected chi connectivity index (χ1v) is 7.18. The largest absolute Gasteiger partial charge is 0.396 e. The van der Waals surface area contributed by atoms with E-state index in [1.165, 1.54) is 5.56 Å². The molecule has 5 heteroatoms. The Morgan fingerprint density at radius 3 is 2.43 bits per heavy atom. The minimum Gasteiger partial charge on any atom is -0.396 e. The van der Waals surface area contributed by atoms with Crippen molar-refractivity contribution in [1.29, 1.82) is 0 Å². The molecule has 0 radical (unpaired) electrons. The number of benzene rings is 2. The normalized spacial score (nSPS) is 10.8. The highest BCUT2D eigenvalue weighted by atomic mass is 35.5. The molecule has 0 bridgehead atoms. The molecule has 3 aromatic rings. The lowest BCUT2D eigenvalue weighted by atomic mass is 10.1. The lowest BCUT2D eigenvalue weighted by Gasteiger charge is -2.03. The zero-order chi connectivity index (χ0) is 15.0. The summed E-state index contributed by atoms with van der Waals surface area (Å²) in [6.07, 6.45) is 1.78. The number of nitrogen functional groups attached to an aromatic ring is 1. The molecule has 106 valence electrons. The first kappa shape index (κ1) is 14.0. The standard InChI is InChI=1S/C16H13Cl2N3/c1-10-2-5-12(6-3-10)21-9-15(19)16(20-21)13-7-4-11(17)8-14(13)18/h2-9H,19H2,1H3. The molecule has 0 aliphatic heterocycles. The van der Waals surface area contributed by atoms with Gasteiger partial charge in [0, 0.05) is 10.6 Å². The molecule has 0 saturated heterocycles. The Labute approximate surface area is 132 Å². The van der Waals surface area contributed by atoms with Crippen molar-refractivity contribution in [3.63, 3.8) is 0 Å². The van der Waals surface area contributed by atoms with Crippen molar-refractivity contribution >= 4 is 28.9 Å². The number of hydrogen-bond donors (Lipinski definition) is 1. The van der Waals surface area contributed by atoms with Crippen LogP contribution in [0.5, 0.6) is 0 Å². The first-order valence-electron chi connectivity index (χ1n) is 6.42. The molecule has 3 nitrogen and oxygen atoms in total. The van der Waals surface area contributed by atoms with Gasteiger partial charge in [-0.1, -0.05) is 40.9 Å². The number of halogens is 2. The van der Waals surface area contributed by atoms with Gasteiger partial charge >= 0.3 is 0 Å². The number of aryl methyl sites for hydroxylation is 1. The Balaban J connectivity index is 2.07. The van der Waals surface area contributed by atoms with Gasteiger partial charge in [-0.25, -0.2) is 4.68 Å². The Bertz CT molecular complexity index is 792. The summed E-state index contributed by atoms with van der Waals surface area (Å²) < 4.78 is 1.75. The summed E-state index contributed by atoms with van der Waals surface area (Å²) in [6.45, 7) is 2.04. The number of rotatable bonds is 2. The van der Waals surface area contributed by atoms with Crippen LogP contribution in [0.3, 0.4) is 0 Å². The smallest absolute Gasteiger partial charge is 0.117 e. The third kappa shape index (κ3) is 2.75. The lowest BCUT2D eigenvalue weighted by molar-refractivity contribution is 0.884. The lowest BCUT2D eigenvalue weighted by Crippen LogP contribution is -1.94. The average Bonchev–Trinajstić information content (AvgIpc) is 2.81. The van der Waals surface area contributed by atoms with E-state index in [9.17, 15) is 0 Å². The number of anilines is 1. The fourth-order valence-corrected chi connectivity index (χ4v) is 2.61. The van der Waals surface area contributed by atoms with Gasteiger partial charge in [0.15, 0.2) is 0 Å². The molecule has 2 N–H and O–H groups in total. The highest BCUT2D eigenvalue weighted by Crippen LogP contribution is 2.33. The highest BCUT2D eigenvalue weighted by molar-refractivity contribution is 6.36. The van der Waals surface area contributed by atoms with Gasteiger partial charge < -0.3 is 5.73 Å². The van der Waals surface area contributed by atoms with Gasteiger partial charge in [-0.15, -0.1) is 0 Å². The number of nitrogens with two attached hydrogens (primary N) is 1. The number of hydrogen-bond acceptors (Lipinski definition) is 2. The second-order valence-corrected chi connectivity index (χ2v) is 5.68. The van der Waals surface area contributed by atoms with Crippen molar-refractivity contribution in [2.24, 2.45) is 0 Å². The van der Waals surface area contributed by atoms with Crippen molar-refractivity contribution in [1.82, 2.24) is 9.78 Å². The van der Waals surface area contributed by atoms with Gasteiger partial charge in [0.05, 0.1) is 22.6 Å². The van der Waals surface area contributed by atoms with E-state index in [2.05, 4.69) is 5.10 Å². The molecule has 0 spiro atoms. The second-order valence-electron chi connectivity index (χ2n) is 4.84. The maximum atomic E-state index is 6.22. The summed E-state index contributed by atoms with van der Waals surface area (Å²) in [5.41, 5.74) is 10.2. The van der Waals surface area contributed by atoms with Gasteiger partial charge in [-0.2, -0.15) is 5.10 Å². The van der Waals surface area contributed by atoms with E-state index >= 15 is 0 Å². The molecule has 0 saturated carbocycles. The third-order valence-corrected chi connectivity index (χ3v) is 3.78. The van der Waals surface area contributed by atoms with Crippen molar-refractivity contribution in [2.45, 2.75) is 6.92 Å². The molecule has 3 rings (SSSR count). The van der Waals surface area contributed by atoms with Crippen molar-refractivity contribution in [3.05, 3.63) is 64.3 Å². The molecule has 2 aromatic carbocycles. The predicted octanol–water partition coefficient (Wildman–Crippen LogP) is 4.74. The van der Waals surface area contributed by atoms with Gasteiger partial charge in [0.1, 0.15) is 5.69 Å². The molecule has 0 aliphatic carbocycles. The van der Waals surface area contributed by atoms with Gasteiger partial charge in [0.2, 0.25) is 0 Å². The fraction of sp³-hybridized carbons (Fsp3) is 0.0625. The molecule has 0 amide bonds. The van der Waals surface area contributed by atoms with Crippen LogP contribution in [0.25, 0.3) is 16.9 Å². The quantitative estimate of drug-likeness (QED) is 0.742. The van der Waals surface area contributed by atoms with E-state index in [1.54, 1.807) is 23.0 Å². The van der Waals surface area contributed by atoms with Crippen LogP contribution in [-0.2, 0) is 0 Å². The molecule has 0 unspecified atom stereocenters. The monoisotopic (exact) mass is 317 g/mol. The molecular formula is C16H13Cl2N3. The molecule has 1 heterocycles. The van der Waals surface area contributed by atoms with Crippen LogP contribution >= 0.6 is 23.2 Å². The first-order chi connectivity index (χ1) is 10.0. The summed E-state index contributed by atoms with van der Waals surface area (Å²) in [4.78, 5) is 0. The topological polar surface area (TPSA) is 43.8 Å². The second kappa shape index (κ2) is 5.43. The van der Waals surface area contributed by atoms with Crippen LogP contribution in [0.2, 0.25) is 10.0 Å². The van der Waals surface area contributed by atoms with Crippen LogP contribution in [0, 0.1) is 6.92 Å². The molecule has 0 aliphatic rings. The van der Waals surface area contributed by atoms with Crippen LogP contribution in [-0.4, -0.2) is 9.78 Å². The summed E-state index contributed by atoms with van der Waals surface area (Å²) in [6, 6.07) is 13.3. The summed E-state index contributed by atoms with van der Waals surface area (Å²) in [5.74, 6) is 0. The van der Waals surface area contributed by atoms with Crippen LogP contribution in [0.1, 0.15) is 5.56 Å². The van der Waals surface area contributed by atoms with E-state index in [4.69, 9.17) is 28.9 Å². The minimum atomic E-state index is 0.531. The van der Waals surface area contributed by atoms with Gasteiger partial charge in [0.25, 0.3) is 0 Å². The third-order valence-electron chi connectivity index (χ3n) is 3.23. The Kier molecular flexibility index (Phi) is 3.62. The maximum absolute atomic E-state index is 6.22. The van der Waals surface area contributed by atoms with E-state index in [0.717, 1.165) is 11.3 Å². The SMILES string of the molecule is Cc1ccc(-n2cc(N)c(-c3ccc(Cl)cc3Cl)n2)cc1. The summed E-state index contributed by atoms with van der Waals surface area (Å²) >= 11 is 12.1.